The van der Waals surface area contributed by atoms with Gasteiger partial charge < -0.3 is 10.2 Å². The summed E-state index contributed by atoms with van der Waals surface area (Å²) in [5.74, 6) is 0.951. The first-order valence-corrected chi connectivity index (χ1v) is 5.09. The van der Waals surface area contributed by atoms with Gasteiger partial charge in [-0.05, 0) is 39.3 Å². The topological polar surface area (TPSA) is 15.3 Å². The summed E-state index contributed by atoms with van der Waals surface area (Å²) in [6, 6.07) is 0.855. The molecule has 0 bridgehead atoms. The molecule has 0 saturated heterocycles. The van der Waals surface area contributed by atoms with E-state index < -0.39 is 0 Å². The Hall–Kier alpha value is -0.0800. The first kappa shape index (κ1) is 10.0. The number of nitrogens with one attached hydrogen (secondary N) is 1. The molecule has 1 aliphatic rings. The van der Waals surface area contributed by atoms with Crippen LogP contribution in [0.1, 0.15) is 26.2 Å². The molecule has 0 amide bonds. The SMILES string of the molecule is CNCCN(C)C1CCC(C)C1. The second-order valence-corrected chi connectivity index (χ2v) is 4.16. The van der Waals surface area contributed by atoms with Crippen LogP contribution in [0.2, 0.25) is 0 Å². The number of rotatable bonds is 4. The van der Waals surface area contributed by atoms with Gasteiger partial charge in [0.15, 0.2) is 0 Å². The van der Waals surface area contributed by atoms with Gasteiger partial charge in [0.2, 0.25) is 0 Å². The first-order chi connectivity index (χ1) is 5.74. The van der Waals surface area contributed by atoms with Crippen LogP contribution >= 0.6 is 0 Å². The summed E-state index contributed by atoms with van der Waals surface area (Å²) >= 11 is 0. The Kier molecular flexibility index (Phi) is 4.02. The van der Waals surface area contributed by atoms with Crippen LogP contribution < -0.4 is 5.32 Å². The molecule has 0 aliphatic heterocycles. The smallest absolute Gasteiger partial charge is 0.0107 e. The van der Waals surface area contributed by atoms with E-state index >= 15 is 0 Å². The Morgan fingerprint density at radius 3 is 2.67 bits per heavy atom. The maximum atomic E-state index is 3.19. The van der Waals surface area contributed by atoms with Crippen LogP contribution in [0.25, 0.3) is 0 Å². The van der Waals surface area contributed by atoms with Crippen molar-refractivity contribution in [1.82, 2.24) is 10.2 Å². The third kappa shape index (κ3) is 2.76. The lowest BCUT2D eigenvalue weighted by Gasteiger charge is -2.23. The van der Waals surface area contributed by atoms with Crippen LogP contribution in [0, 0.1) is 5.92 Å². The van der Waals surface area contributed by atoms with Gasteiger partial charge in [-0.15, -0.1) is 0 Å². The largest absolute Gasteiger partial charge is 0.318 e. The first-order valence-electron chi connectivity index (χ1n) is 5.09. The van der Waals surface area contributed by atoms with E-state index in [4.69, 9.17) is 0 Å². The van der Waals surface area contributed by atoms with Crippen molar-refractivity contribution in [3.05, 3.63) is 0 Å². The van der Waals surface area contributed by atoms with Crippen molar-refractivity contribution in [2.45, 2.75) is 32.2 Å². The molecule has 2 heteroatoms. The quantitative estimate of drug-likeness (QED) is 0.684. The van der Waals surface area contributed by atoms with Crippen molar-refractivity contribution >= 4 is 0 Å². The average Bonchev–Trinajstić information content (AvgIpc) is 2.47. The summed E-state index contributed by atoms with van der Waals surface area (Å²) in [6.45, 7) is 4.67. The summed E-state index contributed by atoms with van der Waals surface area (Å²) in [4.78, 5) is 2.50. The van der Waals surface area contributed by atoms with E-state index in [0.29, 0.717) is 0 Å². The fraction of sp³-hybridized carbons (Fsp3) is 1.00. The molecule has 2 nitrogen and oxygen atoms in total. The Bertz CT molecular complexity index is 125. The molecule has 12 heavy (non-hydrogen) atoms. The van der Waals surface area contributed by atoms with E-state index in [1.165, 1.54) is 25.8 Å². The standard InChI is InChI=1S/C10H22N2/c1-9-4-5-10(8-9)12(3)7-6-11-2/h9-11H,4-8H2,1-3H3. The zero-order valence-corrected chi connectivity index (χ0v) is 8.64. The predicted molar refractivity (Wildman–Crippen MR) is 53.4 cm³/mol. The van der Waals surface area contributed by atoms with Crippen LogP contribution in [0.5, 0.6) is 0 Å². The van der Waals surface area contributed by atoms with Crippen LogP contribution in [0.4, 0.5) is 0 Å². The van der Waals surface area contributed by atoms with Crippen molar-refractivity contribution in [3.63, 3.8) is 0 Å². The molecule has 0 aromatic carbocycles. The van der Waals surface area contributed by atoms with Crippen LogP contribution in [-0.2, 0) is 0 Å². The Labute approximate surface area is 76.3 Å². The van der Waals surface area contributed by atoms with Crippen LogP contribution in [0.3, 0.4) is 0 Å². The summed E-state index contributed by atoms with van der Waals surface area (Å²) in [5.41, 5.74) is 0. The van der Waals surface area contributed by atoms with Crippen molar-refractivity contribution in [2.75, 3.05) is 27.2 Å². The minimum Gasteiger partial charge on any atom is -0.318 e. The predicted octanol–water partition coefficient (Wildman–Crippen LogP) is 1.33. The van der Waals surface area contributed by atoms with Crippen molar-refractivity contribution in [1.29, 1.82) is 0 Å². The second kappa shape index (κ2) is 4.83. The van der Waals surface area contributed by atoms with Gasteiger partial charge in [0.05, 0.1) is 0 Å². The minimum absolute atomic E-state index is 0.855. The highest BCUT2D eigenvalue weighted by Crippen LogP contribution is 2.27. The lowest BCUT2D eigenvalue weighted by Crippen LogP contribution is -2.34. The van der Waals surface area contributed by atoms with Gasteiger partial charge in [0.25, 0.3) is 0 Å². The van der Waals surface area contributed by atoms with Crippen molar-refractivity contribution < 1.29 is 0 Å². The highest BCUT2D eigenvalue weighted by atomic mass is 15.1. The molecule has 72 valence electrons. The fourth-order valence-electron chi connectivity index (χ4n) is 2.05. The molecule has 0 spiro atoms. The molecule has 0 heterocycles. The highest BCUT2D eigenvalue weighted by molar-refractivity contribution is 4.79. The fourth-order valence-corrected chi connectivity index (χ4v) is 2.05. The van der Waals surface area contributed by atoms with Crippen molar-refractivity contribution in [2.24, 2.45) is 5.92 Å². The minimum atomic E-state index is 0.855. The molecule has 1 rings (SSSR count). The Morgan fingerprint density at radius 2 is 2.17 bits per heavy atom. The maximum absolute atomic E-state index is 3.19. The van der Waals surface area contributed by atoms with Crippen LogP contribution in [0.15, 0.2) is 0 Å². The molecule has 1 saturated carbocycles. The molecule has 0 radical (unpaired) electrons. The molecule has 1 aliphatic carbocycles. The van der Waals surface area contributed by atoms with Gasteiger partial charge >= 0.3 is 0 Å². The second-order valence-electron chi connectivity index (χ2n) is 4.16. The van der Waals surface area contributed by atoms with Gasteiger partial charge in [0.1, 0.15) is 0 Å². The van der Waals surface area contributed by atoms with Gasteiger partial charge in [-0.25, -0.2) is 0 Å². The summed E-state index contributed by atoms with van der Waals surface area (Å²) in [7, 11) is 4.27. The van der Waals surface area contributed by atoms with E-state index in [-0.39, 0.29) is 0 Å². The lowest BCUT2D eigenvalue weighted by atomic mass is 10.1. The zero-order chi connectivity index (χ0) is 8.97. The number of hydrogen-bond acceptors (Lipinski definition) is 2. The van der Waals surface area contributed by atoms with Crippen LogP contribution in [-0.4, -0.2) is 38.1 Å². The summed E-state index contributed by atoms with van der Waals surface area (Å²) < 4.78 is 0. The lowest BCUT2D eigenvalue weighted by molar-refractivity contribution is 0.243. The van der Waals surface area contributed by atoms with E-state index in [2.05, 4.69) is 24.2 Å². The van der Waals surface area contributed by atoms with E-state index in [1.54, 1.807) is 0 Å². The molecule has 0 aromatic rings. The molecular formula is C10H22N2. The van der Waals surface area contributed by atoms with E-state index in [9.17, 15) is 0 Å². The molecule has 0 aromatic heterocycles. The monoisotopic (exact) mass is 170 g/mol. The van der Waals surface area contributed by atoms with Gasteiger partial charge in [-0.2, -0.15) is 0 Å². The van der Waals surface area contributed by atoms with Gasteiger partial charge in [-0.1, -0.05) is 6.92 Å². The van der Waals surface area contributed by atoms with Gasteiger partial charge in [0, 0.05) is 19.1 Å². The molecule has 2 atom stereocenters. The van der Waals surface area contributed by atoms with E-state index in [0.717, 1.165) is 18.5 Å². The maximum Gasteiger partial charge on any atom is 0.0107 e. The Balaban J connectivity index is 2.18. The normalized spacial score (nSPS) is 30.0. The molecule has 1 N–H and O–H groups in total. The number of hydrogen-bond donors (Lipinski definition) is 1. The average molecular weight is 170 g/mol. The highest BCUT2D eigenvalue weighted by Gasteiger charge is 2.23. The third-order valence-electron chi connectivity index (χ3n) is 3.00. The number of nitrogens with zero attached hydrogens (tertiary/aromatic N) is 1. The Morgan fingerprint density at radius 1 is 1.42 bits per heavy atom. The van der Waals surface area contributed by atoms with E-state index in [1.807, 2.05) is 7.05 Å². The molecule has 1 fully saturated rings. The molecular weight excluding hydrogens is 148 g/mol. The summed E-state index contributed by atoms with van der Waals surface area (Å²) in [5, 5.41) is 3.19. The summed E-state index contributed by atoms with van der Waals surface area (Å²) in [6.07, 6.45) is 4.23. The number of likely N-dealkylation sites (N-methyl/N-ethyl adjacent to an activating group) is 2. The third-order valence-corrected chi connectivity index (χ3v) is 3.00. The van der Waals surface area contributed by atoms with Crippen molar-refractivity contribution in [3.8, 4) is 0 Å². The van der Waals surface area contributed by atoms with Gasteiger partial charge in [-0.3, -0.25) is 0 Å². The molecule has 2 unspecified atom stereocenters. The zero-order valence-electron chi connectivity index (χ0n) is 8.64.